The van der Waals surface area contributed by atoms with Gasteiger partial charge in [-0.1, -0.05) is 341 Å². The second-order valence-corrected chi connectivity index (χ2v) is 26.8. The summed E-state index contributed by atoms with van der Waals surface area (Å²) in [6, 6.07) is 126. The van der Waals surface area contributed by atoms with Gasteiger partial charge in [0.05, 0.1) is 30.8 Å². The fourth-order valence-corrected chi connectivity index (χ4v) is 14.7. The summed E-state index contributed by atoms with van der Waals surface area (Å²) in [5.41, 5.74) is 22.9. The van der Waals surface area contributed by atoms with E-state index in [2.05, 4.69) is 234 Å². The second-order valence-electron chi connectivity index (χ2n) is 26.8. The predicted octanol–water partition coefficient (Wildman–Crippen LogP) is 13.7. The Balaban J connectivity index is 0.000000111. The minimum atomic E-state index is 0.186. The monoisotopic (exact) mass is 1410 g/mol. The van der Waals surface area contributed by atoms with Crippen molar-refractivity contribution in [1.29, 1.82) is 10.5 Å². The molecule has 6 heterocycles. The van der Waals surface area contributed by atoms with Crippen LogP contribution in [0.5, 0.6) is 46.0 Å². The lowest BCUT2D eigenvalue weighted by molar-refractivity contribution is 0.464. The molecule has 0 bridgehead atoms. The van der Waals surface area contributed by atoms with Crippen molar-refractivity contribution in [3.8, 4) is 58.1 Å². The summed E-state index contributed by atoms with van der Waals surface area (Å²) in [6.45, 7) is 20.9. The van der Waals surface area contributed by atoms with Crippen molar-refractivity contribution in [1.82, 2.24) is 4.98 Å². The van der Waals surface area contributed by atoms with Crippen molar-refractivity contribution < 1.29 is 18.9 Å². The van der Waals surface area contributed by atoms with Gasteiger partial charge in [-0.25, -0.2) is 9.69 Å². The van der Waals surface area contributed by atoms with Crippen molar-refractivity contribution in [3.63, 3.8) is 0 Å². The van der Waals surface area contributed by atoms with E-state index in [0.29, 0.717) is 42.6 Å². The van der Waals surface area contributed by atoms with Crippen LogP contribution in [0.15, 0.2) is 370 Å². The Morgan fingerprint density at radius 2 is 0.582 bits per heavy atom. The van der Waals surface area contributed by atoms with E-state index < -0.39 is 0 Å². The van der Waals surface area contributed by atoms with Crippen molar-refractivity contribution in [3.05, 3.63) is 415 Å². The highest BCUT2D eigenvalue weighted by Gasteiger charge is 2.41. The Labute approximate surface area is 646 Å². The van der Waals surface area contributed by atoms with Gasteiger partial charge in [-0.15, -0.1) is 0 Å². The molecule has 110 heavy (non-hydrogen) atoms. The molecule has 9 nitrogen and oxygen atoms in total. The fourth-order valence-electron chi connectivity index (χ4n) is 14.7. The highest BCUT2D eigenvalue weighted by atomic mass is 16.5. The van der Waals surface area contributed by atoms with Crippen LogP contribution in [0, 0.1) is 49.7 Å². The van der Waals surface area contributed by atoms with Crippen LogP contribution in [-0.2, 0) is 0 Å². The molecule has 0 saturated heterocycles. The molecule has 0 amide bonds. The maximum Gasteiger partial charge on any atom is 0.260 e. The van der Waals surface area contributed by atoms with Gasteiger partial charge in [-0.2, -0.15) is 10.5 Å². The van der Waals surface area contributed by atoms with Crippen LogP contribution < -0.4 is 95.4 Å². The van der Waals surface area contributed by atoms with Crippen LogP contribution in [0.1, 0.15) is 22.3 Å². The summed E-state index contributed by atoms with van der Waals surface area (Å²) < 4.78 is 24.0. The summed E-state index contributed by atoms with van der Waals surface area (Å²) >= 11 is 0. The molecular formula is C96H70B5N5O4. The zero-order chi connectivity index (χ0) is 75.6. The van der Waals surface area contributed by atoms with Crippen molar-refractivity contribution in [2.75, 3.05) is 0 Å². The number of aryl methyl sites for hydroxylation is 2. The Morgan fingerprint density at radius 3 is 0.936 bits per heavy atom. The molecule has 0 radical (unpaired) electrons. The minimum Gasteiger partial charge on any atom is -0.458 e. The predicted molar refractivity (Wildman–Crippen MR) is 456 cm³/mol. The first kappa shape index (κ1) is 72.7. The van der Waals surface area contributed by atoms with Crippen LogP contribution in [-0.4, -0.2) is 38.5 Å². The molecular weight excluding hydrogens is 1340 g/mol. The molecule has 14 heteroatoms. The topological polar surface area (TPSA) is 106 Å². The summed E-state index contributed by atoms with van der Waals surface area (Å²) in [5, 5.41) is 16.8. The van der Waals surface area contributed by atoms with E-state index in [1.807, 2.05) is 141 Å². The molecule has 0 N–H and O–H groups in total. The molecule has 5 aliphatic heterocycles. The first-order valence-corrected chi connectivity index (χ1v) is 36.5. The lowest BCUT2D eigenvalue weighted by Gasteiger charge is -2.32. The van der Waals surface area contributed by atoms with Gasteiger partial charge in [-0.3, -0.25) is 4.98 Å². The van der Waals surface area contributed by atoms with E-state index in [4.69, 9.17) is 42.6 Å². The summed E-state index contributed by atoms with van der Waals surface area (Å²) in [5.74, 6) is 7.55. The van der Waals surface area contributed by atoms with Gasteiger partial charge in [-0.05, 0) is 119 Å². The third-order valence-corrected chi connectivity index (χ3v) is 19.8. The average Bonchev–Trinajstić information content (AvgIpc) is 0.751. The van der Waals surface area contributed by atoms with E-state index >= 15 is 0 Å². The minimum absolute atomic E-state index is 0.186. The molecule has 20 rings (SSSR count). The second kappa shape index (κ2) is 34.8. The summed E-state index contributed by atoms with van der Waals surface area (Å²) in [6.07, 6.45) is 3.19. The van der Waals surface area contributed by atoms with Crippen molar-refractivity contribution in [2.45, 2.75) is 20.7 Å². The number of hydrogen-bond donors (Lipinski definition) is 0. The van der Waals surface area contributed by atoms with Gasteiger partial charge in [0.15, 0.2) is 11.4 Å². The van der Waals surface area contributed by atoms with Gasteiger partial charge >= 0.3 is 0 Å². The third-order valence-electron chi connectivity index (χ3n) is 19.8. The zero-order valence-corrected chi connectivity index (χ0v) is 61.0. The molecule has 0 atom stereocenters. The maximum atomic E-state index is 8.53. The highest BCUT2D eigenvalue weighted by Crippen LogP contribution is 2.34. The molecule has 15 aromatic rings. The van der Waals surface area contributed by atoms with E-state index in [1.165, 1.54) is 76.6 Å². The van der Waals surface area contributed by atoms with Gasteiger partial charge < -0.3 is 18.9 Å². The van der Waals surface area contributed by atoms with E-state index in [-0.39, 0.29) is 13.4 Å². The number of nitriles is 2. The third kappa shape index (κ3) is 16.4. The molecule has 1 aromatic heterocycles. The normalized spacial score (nSPS) is 11.6. The molecule has 518 valence electrons. The molecule has 0 unspecified atom stereocenters. The number of nitrogens with zero attached hydrogens (tertiary/aromatic N) is 5. The molecule has 0 spiro atoms. The van der Waals surface area contributed by atoms with Gasteiger partial charge in [0.2, 0.25) is 20.1 Å². The number of rotatable bonds is 3. The SMILES string of the molecule is CB1c2ccccc2Oc2ccccc21.N#Cc1ccncc1.[C-]#[N+]c1cc(C)cc(C#N)c1.[C-]#[N+]c1ccc(C)cc1.c1ccc(B2c3ccccc3B(c3ccccc3)c3ccccc32)cc1.c1ccc(B2c3ccccc3Oc3ccccc32)cc1.c1ccc2c(c1)Oc1cccc3c1B2c1ccccc1O3. The quantitative estimate of drug-likeness (QED) is 0.128. The first-order chi connectivity index (χ1) is 54.2. The van der Waals surface area contributed by atoms with Crippen LogP contribution in [0.25, 0.3) is 9.69 Å². The largest absolute Gasteiger partial charge is 0.458 e. The van der Waals surface area contributed by atoms with Crippen LogP contribution in [0.3, 0.4) is 0 Å². The standard InChI is InChI=1S/C24H18B2.C18H11BO2.C18H13BO.C13H11BO.C9H6N2.C8H7N.C6H4N2/c1-3-11-19(12-4-1)25-21-15-7-9-17-23(21)26(20-13-5-2-6-14-20)24-18-10-8-16-22(24)25;1-3-8-14-12(6-1)19-13-7-2-4-9-15(13)21-17-11-5-10-16(20-14)18(17)19;1-2-8-14(9-3-1)19-15-10-4-6-12-17(15)20-18-13-7-5-11-16(18)19;1-14-10-6-2-4-8-12(10)15-13-9-5-3-7-11(13)14;1-7-3-8(6-10)5-9(4-7)11-2;1-7-3-5-8(9-2)6-4-7;7-5-6-1-3-8-4-2-6/h1-18H;1-11H;1-13H;2-9H,1H3;3-5H,1H3;3-6H,1H3;1-4H. The molecule has 0 aliphatic carbocycles. The average molecular weight is 1410 g/mol. The molecule has 0 saturated carbocycles. The van der Waals surface area contributed by atoms with Gasteiger partial charge in [0, 0.05) is 23.4 Å². The molecule has 14 aromatic carbocycles. The lowest BCUT2D eigenvalue weighted by Crippen LogP contribution is -2.74. The lowest BCUT2D eigenvalue weighted by atomic mass is 9.21. The number of ether oxygens (including phenoxy) is 4. The van der Waals surface area contributed by atoms with Crippen LogP contribution in [0.2, 0.25) is 6.82 Å². The highest BCUT2D eigenvalue weighted by molar-refractivity contribution is 7.11. The number of pyridine rings is 1. The van der Waals surface area contributed by atoms with E-state index in [1.54, 1.807) is 42.7 Å². The number of hydrogen-bond acceptors (Lipinski definition) is 7. The maximum absolute atomic E-state index is 8.53. The summed E-state index contributed by atoms with van der Waals surface area (Å²) in [7, 11) is 0. The molecule has 0 fully saturated rings. The van der Waals surface area contributed by atoms with Gasteiger partial charge in [0.1, 0.15) is 46.0 Å². The Hall–Kier alpha value is -14.3. The Bertz CT molecular complexity index is 5590. The Morgan fingerprint density at radius 1 is 0.282 bits per heavy atom. The van der Waals surface area contributed by atoms with Crippen molar-refractivity contribution in [2.24, 2.45) is 0 Å². The van der Waals surface area contributed by atoms with E-state index in [0.717, 1.165) is 57.0 Å². The first-order valence-electron chi connectivity index (χ1n) is 36.5. The van der Waals surface area contributed by atoms with Crippen LogP contribution >= 0.6 is 0 Å². The molecule has 5 aliphatic rings. The van der Waals surface area contributed by atoms with E-state index in [9.17, 15) is 0 Å². The van der Waals surface area contributed by atoms with Crippen LogP contribution in [0.4, 0.5) is 11.4 Å². The fraction of sp³-hybridized carbons (Fsp3) is 0.0312. The number of fused-ring (bicyclic) bond motifs is 10. The Kier molecular flexibility index (Phi) is 23.0. The number of benzene rings is 14. The van der Waals surface area contributed by atoms with Gasteiger partial charge in [0.25, 0.3) is 13.4 Å². The van der Waals surface area contributed by atoms with Crippen molar-refractivity contribution >= 4 is 121 Å². The number of aromatic nitrogens is 1. The summed E-state index contributed by atoms with van der Waals surface area (Å²) in [4.78, 5) is 10.2. The number of para-hydroxylation sites is 6. The zero-order valence-electron chi connectivity index (χ0n) is 61.0. The smallest absolute Gasteiger partial charge is 0.260 e.